The van der Waals surface area contributed by atoms with Crippen molar-refractivity contribution in [2.24, 2.45) is 5.92 Å². The number of hydrogen-bond acceptors (Lipinski definition) is 7. The van der Waals surface area contributed by atoms with Gasteiger partial charge in [-0.3, -0.25) is 0 Å². The average Bonchev–Trinajstić information content (AvgIpc) is 3.10. The average molecular weight is 461 g/mol. The van der Waals surface area contributed by atoms with E-state index in [1.54, 1.807) is 16.1 Å². The van der Waals surface area contributed by atoms with Gasteiger partial charge in [-0.25, -0.2) is 27.4 Å². The van der Waals surface area contributed by atoms with E-state index in [0.717, 1.165) is 42.5 Å². The smallest absolute Gasteiger partial charge is 0.211 e. The maximum absolute atomic E-state index is 11.7. The maximum atomic E-state index is 11.7. The van der Waals surface area contributed by atoms with Gasteiger partial charge in [0.05, 0.1) is 17.3 Å². The Morgan fingerprint density at radius 3 is 2.71 bits per heavy atom. The minimum absolute atomic E-state index is 0.453. The second kappa shape index (κ2) is 9.13. The summed E-state index contributed by atoms with van der Waals surface area (Å²) < 4.78 is 27.0. The van der Waals surface area contributed by atoms with Crippen LogP contribution in [0.25, 0.3) is 11.0 Å². The first-order chi connectivity index (χ1) is 14.8. The first kappa shape index (κ1) is 22.0. The molecule has 31 heavy (non-hydrogen) atoms. The SMILES string of the molecule is CSc1cccc(Cc2nn(CCC3CCN(S(C)(=O)=O)CC3)c3ncnc(N)c23)c1. The fraction of sp³-hybridized carbons (Fsp3) is 0.476. The molecule has 4 rings (SSSR count). The van der Waals surface area contributed by atoms with Crippen LogP contribution in [0.3, 0.4) is 0 Å². The summed E-state index contributed by atoms with van der Waals surface area (Å²) in [5.41, 5.74) is 9.03. The maximum Gasteiger partial charge on any atom is 0.211 e. The van der Waals surface area contributed by atoms with Crippen molar-refractivity contribution in [2.75, 3.05) is 31.3 Å². The van der Waals surface area contributed by atoms with E-state index in [9.17, 15) is 8.42 Å². The largest absolute Gasteiger partial charge is 0.383 e. The molecule has 0 aliphatic carbocycles. The van der Waals surface area contributed by atoms with Gasteiger partial charge >= 0.3 is 0 Å². The van der Waals surface area contributed by atoms with E-state index in [1.165, 1.54) is 23.0 Å². The van der Waals surface area contributed by atoms with Crippen LogP contribution in [0.2, 0.25) is 0 Å². The molecule has 166 valence electrons. The van der Waals surface area contributed by atoms with Crippen molar-refractivity contribution >= 4 is 38.6 Å². The molecule has 0 amide bonds. The van der Waals surface area contributed by atoms with Crippen LogP contribution in [0.15, 0.2) is 35.5 Å². The summed E-state index contributed by atoms with van der Waals surface area (Å²) in [5.74, 6) is 0.923. The molecule has 1 aliphatic heterocycles. The van der Waals surface area contributed by atoms with Crippen molar-refractivity contribution < 1.29 is 8.42 Å². The quantitative estimate of drug-likeness (QED) is 0.540. The molecule has 1 fully saturated rings. The first-order valence-corrected chi connectivity index (χ1v) is 13.5. The van der Waals surface area contributed by atoms with Gasteiger partial charge < -0.3 is 5.73 Å². The van der Waals surface area contributed by atoms with E-state index < -0.39 is 10.0 Å². The number of sulfonamides is 1. The summed E-state index contributed by atoms with van der Waals surface area (Å²) in [7, 11) is -3.10. The van der Waals surface area contributed by atoms with Gasteiger partial charge in [-0.15, -0.1) is 11.8 Å². The highest BCUT2D eigenvalue weighted by molar-refractivity contribution is 7.98. The fourth-order valence-electron chi connectivity index (χ4n) is 4.19. The number of nitrogens with two attached hydrogens (primary N) is 1. The van der Waals surface area contributed by atoms with Crippen molar-refractivity contribution in [3.63, 3.8) is 0 Å². The molecule has 0 saturated carbocycles. The molecule has 10 heteroatoms. The highest BCUT2D eigenvalue weighted by atomic mass is 32.2. The van der Waals surface area contributed by atoms with Crippen LogP contribution in [-0.4, -0.2) is 58.1 Å². The van der Waals surface area contributed by atoms with Gasteiger partial charge in [0.2, 0.25) is 10.0 Å². The Morgan fingerprint density at radius 1 is 1.23 bits per heavy atom. The minimum atomic E-state index is -3.10. The molecule has 0 spiro atoms. The second-order valence-corrected chi connectivity index (χ2v) is 10.9. The first-order valence-electron chi connectivity index (χ1n) is 10.4. The number of anilines is 1. The lowest BCUT2D eigenvalue weighted by Crippen LogP contribution is -2.37. The predicted molar refractivity (Wildman–Crippen MR) is 125 cm³/mol. The van der Waals surface area contributed by atoms with Gasteiger partial charge in [-0.2, -0.15) is 5.10 Å². The normalized spacial score (nSPS) is 16.2. The molecule has 0 radical (unpaired) electrons. The fourth-order valence-corrected chi connectivity index (χ4v) is 5.55. The third-order valence-corrected chi connectivity index (χ3v) is 7.96. The molecule has 1 aliphatic rings. The molecule has 3 aromatic rings. The van der Waals surface area contributed by atoms with E-state index in [4.69, 9.17) is 10.8 Å². The van der Waals surface area contributed by atoms with Crippen molar-refractivity contribution in [2.45, 2.75) is 37.1 Å². The van der Waals surface area contributed by atoms with Crippen LogP contribution < -0.4 is 5.73 Å². The molecule has 0 atom stereocenters. The Morgan fingerprint density at radius 2 is 2.00 bits per heavy atom. The van der Waals surface area contributed by atoms with Gasteiger partial charge in [0.25, 0.3) is 0 Å². The summed E-state index contributed by atoms with van der Waals surface area (Å²) in [6, 6.07) is 8.42. The number of hydrogen-bond donors (Lipinski definition) is 1. The van der Waals surface area contributed by atoms with E-state index in [2.05, 4.69) is 40.5 Å². The minimum Gasteiger partial charge on any atom is -0.383 e. The molecule has 2 N–H and O–H groups in total. The number of nitrogens with zero attached hydrogens (tertiary/aromatic N) is 5. The van der Waals surface area contributed by atoms with Crippen molar-refractivity contribution in [3.05, 3.63) is 41.9 Å². The summed E-state index contributed by atoms with van der Waals surface area (Å²) >= 11 is 1.71. The molecular formula is C21H28N6O2S2. The van der Waals surface area contributed by atoms with Gasteiger partial charge in [-0.05, 0) is 49.1 Å². The van der Waals surface area contributed by atoms with Gasteiger partial charge in [0.15, 0.2) is 5.65 Å². The summed E-state index contributed by atoms with van der Waals surface area (Å²) in [6.07, 6.45) is 8.18. The number of fused-ring (bicyclic) bond motifs is 1. The van der Waals surface area contributed by atoms with E-state index in [0.29, 0.717) is 31.2 Å². The Kier molecular flexibility index (Phi) is 6.49. The third-order valence-electron chi connectivity index (χ3n) is 5.93. The number of aromatic nitrogens is 4. The number of benzene rings is 1. The number of piperidine rings is 1. The van der Waals surface area contributed by atoms with Gasteiger partial charge in [0, 0.05) is 31.0 Å². The topological polar surface area (TPSA) is 107 Å². The van der Waals surface area contributed by atoms with Crippen LogP contribution in [0.5, 0.6) is 0 Å². The molecule has 1 saturated heterocycles. The van der Waals surface area contributed by atoms with Crippen LogP contribution >= 0.6 is 11.8 Å². The molecule has 3 heterocycles. The van der Waals surface area contributed by atoms with Crippen LogP contribution in [0.4, 0.5) is 5.82 Å². The van der Waals surface area contributed by atoms with Crippen molar-refractivity contribution in [1.29, 1.82) is 0 Å². The van der Waals surface area contributed by atoms with E-state index >= 15 is 0 Å². The summed E-state index contributed by atoms with van der Waals surface area (Å²) in [6.45, 7) is 1.91. The number of rotatable bonds is 7. The Balaban J connectivity index is 1.52. The van der Waals surface area contributed by atoms with Gasteiger partial charge in [-0.1, -0.05) is 12.1 Å². The van der Waals surface area contributed by atoms with Crippen molar-refractivity contribution in [3.8, 4) is 0 Å². The second-order valence-electron chi connectivity index (χ2n) is 8.05. The lowest BCUT2D eigenvalue weighted by molar-refractivity contribution is 0.256. The number of thioether (sulfide) groups is 1. The van der Waals surface area contributed by atoms with Crippen LogP contribution in [0.1, 0.15) is 30.5 Å². The predicted octanol–water partition coefficient (Wildman–Crippen LogP) is 2.78. The summed E-state index contributed by atoms with van der Waals surface area (Å²) in [5, 5.41) is 5.68. The standard InChI is InChI=1S/C21H28N6O2S2/c1-30-17-5-3-4-16(12-17)13-18-19-20(22)23-14-24-21(19)27(25-18)11-8-15-6-9-26(10-7-15)31(2,28)29/h3-5,12,14-15H,6-11,13H2,1-2H3,(H2,22,23,24). The zero-order valence-electron chi connectivity index (χ0n) is 17.9. The van der Waals surface area contributed by atoms with E-state index in [-0.39, 0.29) is 0 Å². The van der Waals surface area contributed by atoms with Crippen LogP contribution in [0, 0.1) is 5.92 Å². The number of aryl methyl sites for hydroxylation is 1. The van der Waals surface area contributed by atoms with Crippen LogP contribution in [-0.2, 0) is 23.0 Å². The van der Waals surface area contributed by atoms with E-state index in [1.807, 2.05) is 4.68 Å². The van der Waals surface area contributed by atoms with Gasteiger partial charge in [0.1, 0.15) is 12.1 Å². The Labute approximate surface area is 187 Å². The van der Waals surface area contributed by atoms with Crippen molar-refractivity contribution in [1.82, 2.24) is 24.1 Å². The summed E-state index contributed by atoms with van der Waals surface area (Å²) in [4.78, 5) is 9.86. The third kappa shape index (κ3) is 5.02. The molecule has 0 unspecified atom stereocenters. The highest BCUT2D eigenvalue weighted by Gasteiger charge is 2.25. The zero-order valence-corrected chi connectivity index (χ0v) is 19.5. The molecular weight excluding hydrogens is 432 g/mol. The lowest BCUT2D eigenvalue weighted by atomic mass is 9.95. The molecule has 2 aromatic heterocycles. The monoisotopic (exact) mass is 460 g/mol. The number of nitrogen functional groups attached to an aromatic ring is 1. The lowest BCUT2D eigenvalue weighted by Gasteiger charge is -2.30. The highest BCUT2D eigenvalue weighted by Crippen LogP contribution is 2.27. The zero-order chi connectivity index (χ0) is 22.0. The molecule has 0 bridgehead atoms. The molecule has 8 nitrogen and oxygen atoms in total. The molecule has 1 aromatic carbocycles. The Bertz CT molecular complexity index is 1170. The Hall–Kier alpha value is -2.17.